The Morgan fingerprint density at radius 3 is 0.755 bits per heavy atom. The second-order valence-electron chi connectivity index (χ2n) is 28.2. The lowest BCUT2D eigenvalue weighted by atomic mass is 9.99. The van der Waals surface area contributed by atoms with Crippen LogP contribution in [0.2, 0.25) is 0 Å². The molecule has 0 aliphatic carbocycles. The predicted octanol–water partition coefficient (Wildman–Crippen LogP) is 21.7. The van der Waals surface area contributed by atoms with Crippen LogP contribution in [0.25, 0.3) is 0 Å². The first-order valence-corrected chi connectivity index (χ1v) is 41.8. The van der Waals surface area contributed by atoms with Gasteiger partial charge in [-0.05, 0) is 49.4 Å². The molecule has 19 heteroatoms. The van der Waals surface area contributed by atoms with Gasteiger partial charge in [0.1, 0.15) is 19.3 Å². The van der Waals surface area contributed by atoms with Crippen molar-refractivity contribution in [1.29, 1.82) is 0 Å². The van der Waals surface area contributed by atoms with Crippen LogP contribution in [0.4, 0.5) is 0 Å². The van der Waals surface area contributed by atoms with Crippen molar-refractivity contribution < 1.29 is 80.2 Å². The molecule has 17 nitrogen and oxygen atoms in total. The first-order valence-electron chi connectivity index (χ1n) is 38.8. The zero-order valence-electron chi connectivity index (χ0n) is 61.6. The van der Waals surface area contributed by atoms with E-state index < -0.39 is 97.5 Å². The van der Waals surface area contributed by atoms with Crippen molar-refractivity contribution in [3.63, 3.8) is 0 Å². The van der Waals surface area contributed by atoms with Gasteiger partial charge in [0.15, 0.2) is 12.2 Å². The molecule has 5 unspecified atom stereocenters. The quantitative estimate of drug-likeness (QED) is 0.0222. The summed E-state index contributed by atoms with van der Waals surface area (Å²) in [6, 6.07) is 0. The number of esters is 4. The van der Waals surface area contributed by atoms with Crippen LogP contribution in [-0.4, -0.2) is 96.7 Å². The Morgan fingerprint density at radius 1 is 0.298 bits per heavy atom. The largest absolute Gasteiger partial charge is 0.472 e. The molecule has 0 aromatic carbocycles. The summed E-state index contributed by atoms with van der Waals surface area (Å²) in [4.78, 5) is 72.7. The van der Waals surface area contributed by atoms with Crippen molar-refractivity contribution in [2.24, 2.45) is 23.7 Å². The number of unbranched alkanes of at least 4 members (excludes halogenated alkanes) is 35. The molecule has 0 rings (SSSR count). The summed E-state index contributed by atoms with van der Waals surface area (Å²) in [5, 5.41) is 10.6. The number of aliphatic hydroxyl groups is 1. The van der Waals surface area contributed by atoms with Gasteiger partial charge in [0.25, 0.3) is 0 Å². The standard InChI is InChI=1S/C75H146O17P2/c1-9-66(6)52-44-36-28-24-20-18-16-14-12-13-15-17-19-21-25-29-41-49-57-74(79)91-70(61-85-72(77)55-47-39-33-31-37-45-53-67(7)10-2)63-89-93(81,82)87-59-69(76)60-88-94(83,84)90-64-71(62-86-73(78)56-48-40-34-32-38-46-54-68(8)11-3)92-75(80)58-50-42-30-26-22-23-27-35-43-51-65(4)5/h65-71,76H,9-64H2,1-8H3,(H,81,82)(H,83,84)/t66?,67?,68?,69-,70-,71-/m1/s1. The molecule has 0 amide bonds. The van der Waals surface area contributed by atoms with E-state index in [1.165, 1.54) is 167 Å². The fourth-order valence-corrected chi connectivity index (χ4v) is 12.9. The van der Waals surface area contributed by atoms with E-state index in [9.17, 15) is 43.2 Å². The third-order valence-corrected chi connectivity index (χ3v) is 20.3. The normalized spacial score (nSPS) is 15.0. The molecule has 3 N–H and O–H groups in total. The van der Waals surface area contributed by atoms with Gasteiger partial charge in [-0.15, -0.1) is 0 Å². The minimum atomic E-state index is -4.96. The van der Waals surface area contributed by atoms with E-state index in [0.29, 0.717) is 25.7 Å². The minimum absolute atomic E-state index is 0.104. The summed E-state index contributed by atoms with van der Waals surface area (Å²) >= 11 is 0. The van der Waals surface area contributed by atoms with E-state index in [4.69, 9.17) is 37.0 Å². The molecule has 0 spiro atoms. The summed E-state index contributed by atoms with van der Waals surface area (Å²) in [5.41, 5.74) is 0. The highest BCUT2D eigenvalue weighted by atomic mass is 31.2. The smallest absolute Gasteiger partial charge is 0.462 e. The maximum Gasteiger partial charge on any atom is 0.472 e. The maximum atomic E-state index is 13.1. The monoisotopic (exact) mass is 1380 g/mol. The van der Waals surface area contributed by atoms with E-state index in [1.807, 2.05) is 0 Å². The number of hydrogen-bond acceptors (Lipinski definition) is 15. The average molecular weight is 1380 g/mol. The topological polar surface area (TPSA) is 237 Å². The number of rotatable bonds is 72. The summed E-state index contributed by atoms with van der Waals surface area (Å²) < 4.78 is 68.4. The minimum Gasteiger partial charge on any atom is -0.462 e. The third-order valence-electron chi connectivity index (χ3n) is 18.4. The molecule has 0 saturated heterocycles. The maximum absolute atomic E-state index is 13.1. The third kappa shape index (κ3) is 64.7. The molecule has 558 valence electrons. The fraction of sp³-hybridized carbons (Fsp3) is 0.947. The van der Waals surface area contributed by atoms with Crippen LogP contribution >= 0.6 is 15.6 Å². The fourth-order valence-electron chi connectivity index (χ4n) is 11.3. The van der Waals surface area contributed by atoms with Gasteiger partial charge in [-0.1, -0.05) is 325 Å². The Kier molecular flexibility index (Phi) is 63.1. The highest BCUT2D eigenvalue weighted by molar-refractivity contribution is 7.47. The van der Waals surface area contributed by atoms with E-state index >= 15 is 0 Å². The Hall–Kier alpha value is -1.94. The molecule has 0 heterocycles. The zero-order chi connectivity index (χ0) is 69.6. The van der Waals surface area contributed by atoms with E-state index in [0.717, 1.165) is 126 Å². The Morgan fingerprint density at radius 2 is 0.511 bits per heavy atom. The molecule has 0 aromatic rings. The van der Waals surface area contributed by atoms with Crippen molar-refractivity contribution in [3.8, 4) is 0 Å². The number of aliphatic hydroxyl groups excluding tert-OH is 1. The lowest BCUT2D eigenvalue weighted by molar-refractivity contribution is -0.161. The van der Waals surface area contributed by atoms with Gasteiger partial charge in [0.05, 0.1) is 26.4 Å². The number of carbonyl (C=O) groups excluding carboxylic acids is 4. The highest BCUT2D eigenvalue weighted by Crippen LogP contribution is 2.45. The number of carbonyl (C=O) groups is 4. The van der Waals surface area contributed by atoms with Crippen LogP contribution in [0.3, 0.4) is 0 Å². The molecule has 0 radical (unpaired) electrons. The Bertz CT molecular complexity index is 1860. The van der Waals surface area contributed by atoms with Gasteiger partial charge in [0.2, 0.25) is 0 Å². The van der Waals surface area contributed by atoms with Crippen molar-refractivity contribution in [2.45, 2.75) is 395 Å². The first-order chi connectivity index (χ1) is 45.2. The molecular weight excluding hydrogens is 1230 g/mol. The molecule has 94 heavy (non-hydrogen) atoms. The van der Waals surface area contributed by atoms with Crippen LogP contribution in [0.1, 0.15) is 376 Å². The number of hydrogen-bond donors (Lipinski definition) is 3. The summed E-state index contributed by atoms with van der Waals surface area (Å²) in [6.07, 6.45) is 48.8. The van der Waals surface area contributed by atoms with Crippen LogP contribution in [-0.2, 0) is 65.4 Å². The first kappa shape index (κ1) is 92.1. The van der Waals surface area contributed by atoms with Crippen molar-refractivity contribution in [2.75, 3.05) is 39.6 Å². The summed E-state index contributed by atoms with van der Waals surface area (Å²) in [7, 11) is -9.91. The van der Waals surface area contributed by atoms with Crippen LogP contribution in [0, 0.1) is 23.7 Å². The summed E-state index contributed by atoms with van der Waals surface area (Å²) in [6.45, 7) is 14.1. The molecular formula is C75H146O17P2. The van der Waals surface area contributed by atoms with Gasteiger partial charge in [-0.2, -0.15) is 0 Å². The van der Waals surface area contributed by atoms with Crippen LogP contribution in [0.15, 0.2) is 0 Å². The van der Waals surface area contributed by atoms with Crippen LogP contribution < -0.4 is 0 Å². The van der Waals surface area contributed by atoms with E-state index in [-0.39, 0.29) is 25.7 Å². The second kappa shape index (κ2) is 64.4. The average Bonchev–Trinajstić information content (AvgIpc) is 1.10. The lowest BCUT2D eigenvalue weighted by Gasteiger charge is -2.21. The molecule has 0 aliphatic rings. The lowest BCUT2D eigenvalue weighted by Crippen LogP contribution is -2.30. The van der Waals surface area contributed by atoms with Crippen LogP contribution in [0.5, 0.6) is 0 Å². The molecule has 0 saturated carbocycles. The van der Waals surface area contributed by atoms with Crippen molar-refractivity contribution in [3.05, 3.63) is 0 Å². The predicted molar refractivity (Wildman–Crippen MR) is 381 cm³/mol. The van der Waals surface area contributed by atoms with Gasteiger partial charge < -0.3 is 33.8 Å². The highest BCUT2D eigenvalue weighted by Gasteiger charge is 2.30. The van der Waals surface area contributed by atoms with Gasteiger partial charge in [-0.3, -0.25) is 37.3 Å². The molecule has 0 aromatic heterocycles. The van der Waals surface area contributed by atoms with Gasteiger partial charge >= 0.3 is 39.5 Å². The van der Waals surface area contributed by atoms with Crippen molar-refractivity contribution >= 4 is 39.5 Å². The number of ether oxygens (including phenoxy) is 4. The Labute approximate surface area is 575 Å². The molecule has 0 bridgehead atoms. The van der Waals surface area contributed by atoms with E-state index in [1.54, 1.807) is 0 Å². The second-order valence-corrected chi connectivity index (χ2v) is 31.1. The van der Waals surface area contributed by atoms with Gasteiger partial charge in [0, 0.05) is 25.7 Å². The zero-order valence-corrected chi connectivity index (χ0v) is 63.4. The Balaban J connectivity index is 5.17. The summed E-state index contributed by atoms with van der Waals surface area (Å²) in [5.74, 6) is 0.942. The molecule has 0 aliphatic heterocycles. The van der Waals surface area contributed by atoms with E-state index in [2.05, 4.69) is 55.4 Å². The van der Waals surface area contributed by atoms with Crippen molar-refractivity contribution in [1.82, 2.24) is 0 Å². The number of phosphoric acid groups is 2. The SMILES string of the molecule is CCC(C)CCCCCCCCCCCCCCCCCCCCC(=O)O[C@H](COC(=O)CCCCCCCCC(C)CC)COP(=O)(O)OC[C@@H](O)COP(=O)(O)OC[C@@H](COC(=O)CCCCCCCCC(C)CC)OC(=O)CCCCCCCCCCCC(C)C. The number of phosphoric ester groups is 2. The molecule has 8 atom stereocenters. The molecule has 0 fully saturated rings. The van der Waals surface area contributed by atoms with Gasteiger partial charge in [-0.25, -0.2) is 9.13 Å².